The smallest absolute Gasteiger partial charge is 0.226 e. The van der Waals surface area contributed by atoms with Crippen molar-refractivity contribution in [3.05, 3.63) is 74.4 Å². The minimum Gasteiger partial charge on any atom is -0.328 e. The number of allylic oxidation sites excluding steroid dienone is 2. The van der Waals surface area contributed by atoms with Crippen LogP contribution in [0.1, 0.15) is 30.9 Å². The first-order chi connectivity index (χ1) is 14.0. The molecular weight excluding hydrogens is 431 g/mol. The molecule has 1 N–H and O–H groups in total. The highest BCUT2D eigenvalue weighted by atomic mass is 35.5. The van der Waals surface area contributed by atoms with E-state index in [0.29, 0.717) is 38.8 Å². The predicted molar refractivity (Wildman–Crippen MR) is 115 cm³/mol. The molecule has 5 rings (SSSR count). The minimum absolute atomic E-state index is 0.0928. The molecule has 0 bridgehead atoms. The molecule has 2 heterocycles. The Labute approximate surface area is 182 Å². The van der Waals surface area contributed by atoms with E-state index in [-0.39, 0.29) is 5.78 Å². The van der Waals surface area contributed by atoms with Crippen LogP contribution < -0.4 is 5.32 Å². The molecule has 1 unspecified atom stereocenters. The maximum atomic E-state index is 12.9. The summed E-state index contributed by atoms with van der Waals surface area (Å²) in [6.07, 6.45) is 2.08. The second kappa shape index (κ2) is 7.17. The molecule has 0 fully saturated rings. The predicted octanol–water partition coefficient (Wildman–Crippen LogP) is 5.93. The number of fused-ring (bicyclic) bond motifs is 1. The van der Waals surface area contributed by atoms with Gasteiger partial charge in [-0.3, -0.25) is 4.79 Å². The fourth-order valence-corrected chi connectivity index (χ4v) is 4.66. The molecule has 0 spiro atoms. The molecule has 0 amide bonds. The van der Waals surface area contributed by atoms with Crippen LogP contribution in [0.5, 0.6) is 0 Å². The molecular formula is C21H15Cl3N4O. The van der Waals surface area contributed by atoms with Gasteiger partial charge in [-0.2, -0.15) is 4.98 Å². The summed E-state index contributed by atoms with van der Waals surface area (Å²) in [5.74, 6) is 1.14. The summed E-state index contributed by atoms with van der Waals surface area (Å²) in [4.78, 5) is 17.5. The Morgan fingerprint density at radius 1 is 1.03 bits per heavy atom. The Morgan fingerprint density at radius 3 is 2.66 bits per heavy atom. The van der Waals surface area contributed by atoms with E-state index in [4.69, 9.17) is 39.9 Å². The van der Waals surface area contributed by atoms with Crippen LogP contribution in [0.4, 0.5) is 5.95 Å². The van der Waals surface area contributed by atoms with E-state index in [2.05, 4.69) is 10.3 Å². The summed E-state index contributed by atoms with van der Waals surface area (Å²) in [6, 6.07) is 12.2. The molecule has 1 aromatic heterocycles. The van der Waals surface area contributed by atoms with Crippen molar-refractivity contribution in [2.45, 2.75) is 25.3 Å². The Bertz CT molecular complexity index is 1180. The lowest BCUT2D eigenvalue weighted by Gasteiger charge is -2.32. The molecule has 29 heavy (non-hydrogen) atoms. The van der Waals surface area contributed by atoms with Crippen molar-refractivity contribution in [2.24, 2.45) is 0 Å². The summed E-state index contributed by atoms with van der Waals surface area (Å²) >= 11 is 19.0. The van der Waals surface area contributed by atoms with E-state index >= 15 is 0 Å². The molecule has 1 atom stereocenters. The SMILES string of the molecule is O=C1CCCC2=C1C(c1ccc(Cl)cc1Cl)n1nc(-c3ccccc3Cl)nc1N2. The number of ketones is 1. The third-order valence-electron chi connectivity index (χ3n) is 5.24. The van der Waals surface area contributed by atoms with Crippen molar-refractivity contribution in [1.29, 1.82) is 0 Å². The monoisotopic (exact) mass is 444 g/mol. The maximum absolute atomic E-state index is 12.9. The van der Waals surface area contributed by atoms with Crippen molar-refractivity contribution in [3.8, 4) is 11.4 Å². The normalized spacial score (nSPS) is 18.3. The number of anilines is 1. The Kier molecular flexibility index (Phi) is 4.62. The van der Waals surface area contributed by atoms with Crippen LogP contribution in [0.25, 0.3) is 11.4 Å². The molecule has 146 valence electrons. The highest BCUT2D eigenvalue weighted by molar-refractivity contribution is 6.35. The average Bonchev–Trinajstić information content (AvgIpc) is 3.11. The van der Waals surface area contributed by atoms with E-state index in [9.17, 15) is 4.79 Å². The number of carbonyl (C=O) groups is 1. The second-order valence-electron chi connectivity index (χ2n) is 7.05. The maximum Gasteiger partial charge on any atom is 0.226 e. The first kappa shape index (κ1) is 18.7. The van der Waals surface area contributed by atoms with Crippen molar-refractivity contribution >= 4 is 46.5 Å². The topological polar surface area (TPSA) is 59.8 Å². The number of aromatic nitrogens is 3. The van der Waals surface area contributed by atoms with Gasteiger partial charge < -0.3 is 5.32 Å². The Hall–Kier alpha value is -2.34. The van der Waals surface area contributed by atoms with Gasteiger partial charge in [0.25, 0.3) is 0 Å². The lowest BCUT2D eigenvalue weighted by molar-refractivity contribution is -0.116. The molecule has 3 aromatic rings. The lowest BCUT2D eigenvalue weighted by Crippen LogP contribution is -2.31. The number of benzene rings is 2. The fraction of sp³-hybridized carbons (Fsp3) is 0.190. The molecule has 1 aliphatic heterocycles. The van der Waals surface area contributed by atoms with Crippen molar-refractivity contribution in [3.63, 3.8) is 0 Å². The first-order valence-electron chi connectivity index (χ1n) is 9.22. The number of hydrogen-bond donors (Lipinski definition) is 1. The quantitative estimate of drug-likeness (QED) is 0.531. The number of hydrogen-bond acceptors (Lipinski definition) is 4. The van der Waals surface area contributed by atoms with Gasteiger partial charge >= 0.3 is 0 Å². The zero-order valence-electron chi connectivity index (χ0n) is 15.1. The van der Waals surface area contributed by atoms with Crippen LogP contribution in [0.15, 0.2) is 53.7 Å². The van der Waals surface area contributed by atoms with Crippen molar-refractivity contribution in [2.75, 3.05) is 5.32 Å². The van der Waals surface area contributed by atoms with E-state index < -0.39 is 6.04 Å². The summed E-state index contributed by atoms with van der Waals surface area (Å²) in [7, 11) is 0. The third-order valence-corrected chi connectivity index (χ3v) is 6.13. The third kappa shape index (κ3) is 3.14. The van der Waals surface area contributed by atoms with E-state index in [1.165, 1.54) is 0 Å². The van der Waals surface area contributed by atoms with Gasteiger partial charge in [-0.1, -0.05) is 53.0 Å². The van der Waals surface area contributed by atoms with Gasteiger partial charge in [0.15, 0.2) is 11.6 Å². The van der Waals surface area contributed by atoms with Gasteiger partial charge in [0.05, 0.1) is 5.02 Å². The molecule has 2 aromatic carbocycles. The molecule has 0 radical (unpaired) electrons. The van der Waals surface area contributed by atoms with Gasteiger partial charge in [0, 0.05) is 38.9 Å². The van der Waals surface area contributed by atoms with Gasteiger partial charge in [0.1, 0.15) is 6.04 Å². The van der Waals surface area contributed by atoms with Gasteiger partial charge in [-0.05, 0) is 37.1 Å². The molecule has 0 saturated carbocycles. The number of nitrogens with zero attached hydrogens (tertiary/aromatic N) is 3. The van der Waals surface area contributed by atoms with Gasteiger partial charge in [-0.25, -0.2) is 4.68 Å². The minimum atomic E-state index is -0.470. The van der Waals surface area contributed by atoms with Crippen LogP contribution in [0, 0.1) is 0 Å². The standard InChI is InChI=1S/C21H15Cl3N4O/c22-11-8-9-12(15(24)10-11)19-18-16(6-3-7-17(18)29)25-21-26-20(27-28(19)21)13-4-1-2-5-14(13)23/h1-2,4-5,8-10,19H,3,6-7H2,(H,25,26,27). The van der Waals surface area contributed by atoms with Crippen molar-refractivity contribution < 1.29 is 4.79 Å². The number of carbonyl (C=O) groups excluding carboxylic acids is 1. The van der Waals surface area contributed by atoms with Crippen LogP contribution >= 0.6 is 34.8 Å². The summed E-state index contributed by atoms with van der Waals surface area (Å²) in [5.41, 5.74) is 3.05. The molecule has 8 heteroatoms. The Balaban J connectivity index is 1.72. The van der Waals surface area contributed by atoms with E-state index in [1.54, 1.807) is 22.9 Å². The highest BCUT2D eigenvalue weighted by Gasteiger charge is 2.37. The lowest BCUT2D eigenvalue weighted by atomic mass is 9.85. The molecule has 1 aliphatic carbocycles. The van der Waals surface area contributed by atoms with Gasteiger partial charge in [0.2, 0.25) is 5.95 Å². The number of rotatable bonds is 2. The highest BCUT2D eigenvalue weighted by Crippen LogP contribution is 2.43. The zero-order chi connectivity index (χ0) is 20.1. The largest absolute Gasteiger partial charge is 0.328 e. The number of nitrogens with one attached hydrogen (secondary N) is 1. The van der Waals surface area contributed by atoms with Crippen LogP contribution in [-0.2, 0) is 4.79 Å². The molecule has 2 aliphatic rings. The van der Waals surface area contributed by atoms with Crippen molar-refractivity contribution in [1.82, 2.24) is 14.8 Å². The fourth-order valence-electron chi connectivity index (χ4n) is 3.92. The summed E-state index contributed by atoms with van der Waals surface area (Å²) in [6.45, 7) is 0. The zero-order valence-corrected chi connectivity index (χ0v) is 17.4. The van der Waals surface area contributed by atoms with Crippen LogP contribution in [-0.4, -0.2) is 20.5 Å². The van der Waals surface area contributed by atoms with Crippen LogP contribution in [0.2, 0.25) is 15.1 Å². The molecule has 5 nitrogen and oxygen atoms in total. The molecule has 0 saturated heterocycles. The Morgan fingerprint density at radius 2 is 1.86 bits per heavy atom. The van der Waals surface area contributed by atoms with Gasteiger partial charge in [-0.15, -0.1) is 5.10 Å². The first-order valence-corrected chi connectivity index (χ1v) is 10.4. The summed E-state index contributed by atoms with van der Waals surface area (Å²) < 4.78 is 1.72. The average molecular weight is 446 g/mol. The second-order valence-corrected chi connectivity index (χ2v) is 8.30. The number of halogens is 3. The van der Waals surface area contributed by atoms with Crippen LogP contribution in [0.3, 0.4) is 0 Å². The number of Topliss-reactive ketones (excluding diaryl/α,β-unsaturated/α-hetero) is 1. The summed E-state index contributed by atoms with van der Waals surface area (Å²) in [5, 5.41) is 9.59. The van der Waals surface area contributed by atoms with E-state index in [1.807, 2.05) is 24.3 Å². The van der Waals surface area contributed by atoms with E-state index in [0.717, 1.165) is 29.7 Å².